The number of hydrogen-bond donors (Lipinski definition) is 1. The Bertz CT molecular complexity index is 1160. The van der Waals surface area contributed by atoms with E-state index in [9.17, 15) is 9.59 Å². The first kappa shape index (κ1) is 21.3. The fraction of sp³-hybridized carbons (Fsp3) is 0.458. The summed E-state index contributed by atoms with van der Waals surface area (Å²) in [5.74, 6) is -0.529. The topological polar surface area (TPSA) is 75.9 Å². The van der Waals surface area contributed by atoms with E-state index in [1.807, 2.05) is 55.2 Å². The second-order valence-corrected chi connectivity index (χ2v) is 9.61. The highest BCUT2D eigenvalue weighted by Gasteiger charge is 2.29. The number of nitrogens with zero attached hydrogens (tertiary/aromatic N) is 3. The zero-order chi connectivity index (χ0) is 22.5. The van der Waals surface area contributed by atoms with Crippen molar-refractivity contribution < 1.29 is 14.3 Å². The van der Waals surface area contributed by atoms with E-state index in [4.69, 9.17) is 4.74 Å². The first-order chi connectivity index (χ1) is 14.5. The van der Waals surface area contributed by atoms with E-state index in [0.717, 1.165) is 16.5 Å². The molecule has 2 unspecified atom stereocenters. The number of aryl methyl sites for hydroxylation is 1. The molecule has 1 aromatic carbocycles. The van der Waals surface area contributed by atoms with Gasteiger partial charge in [-0.15, -0.1) is 0 Å². The highest BCUT2D eigenvalue weighted by Crippen LogP contribution is 2.27. The fourth-order valence-electron chi connectivity index (χ4n) is 4.30. The molecule has 2 atom stereocenters. The van der Waals surface area contributed by atoms with Crippen LogP contribution in [-0.2, 0) is 4.74 Å². The number of rotatable bonds is 2. The van der Waals surface area contributed by atoms with Crippen molar-refractivity contribution in [2.45, 2.75) is 59.2 Å². The SMILES string of the molecule is Cc1ccc2c(c1)c(C(=O)N1CC(C)NC(C)C1)cc1c(C(=O)OC(C)(C)C)ncn12. The number of hydrogen-bond acceptors (Lipinski definition) is 5. The van der Waals surface area contributed by atoms with E-state index in [1.165, 1.54) is 0 Å². The third-order valence-corrected chi connectivity index (χ3v) is 5.45. The first-order valence-corrected chi connectivity index (χ1v) is 10.7. The number of imidazole rings is 1. The van der Waals surface area contributed by atoms with Crippen molar-refractivity contribution in [2.24, 2.45) is 0 Å². The number of aromatic nitrogens is 2. The smallest absolute Gasteiger partial charge is 0.359 e. The minimum Gasteiger partial charge on any atom is -0.455 e. The Morgan fingerprint density at radius 3 is 2.42 bits per heavy atom. The summed E-state index contributed by atoms with van der Waals surface area (Å²) in [7, 11) is 0. The van der Waals surface area contributed by atoms with Crippen molar-refractivity contribution in [3.05, 3.63) is 47.4 Å². The van der Waals surface area contributed by atoms with Crippen molar-refractivity contribution in [3.8, 4) is 0 Å². The molecule has 0 saturated carbocycles. The van der Waals surface area contributed by atoms with Gasteiger partial charge in [-0.3, -0.25) is 9.20 Å². The molecule has 1 saturated heterocycles. The Labute approximate surface area is 182 Å². The number of pyridine rings is 1. The summed E-state index contributed by atoms with van der Waals surface area (Å²) in [6.45, 7) is 12.9. The number of fused-ring (bicyclic) bond motifs is 3. The third-order valence-electron chi connectivity index (χ3n) is 5.45. The van der Waals surface area contributed by atoms with Crippen LogP contribution in [-0.4, -0.2) is 56.9 Å². The van der Waals surface area contributed by atoms with Crippen molar-refractivity contribution in [3.63, 3.8) is 0 Å². The van der Waals surface area contributed by atoms with Gasteiger partial charge in [-0.2, -0.15) is 0 Å². The molecule has 164 valence electrons. The molecule has 0 bridgehead atoms. The molecule has 0 aliphatic carbocycles. The molecule has 1 N–H and O–H groups in total. The molecule has 0 spiro atoms. The van der Waals surface area contributed by atoms with Crippen LogP contribution >= 0.6 is 0 Å². The second-order valence-electron chi connectivity index (χ2n) is 9.61. The number of benzene rings is 1. The van der Waals surface area contributed by atoms with E-state index in [1.54, 1.807) is 12.4 Å². The molecule has 1 aliphatic rings. The maximum atomic E-state index is 13.6. The van der Waals surface area contributed by atoms with Crippen LogP contribution in [0, 0.1) is 6.92 Å². The average Bonchev–Trinajstić information content (AvgIpc) is 3.08. The number of carbonyl (C=O) groups excluding carboxylic acids is 2. The molecule has 0 radical (unpaired) electrons. The second kappa shape index (κ2) is 7.64. The Morgan fingerprint density at radius 1 is 1.10 bits per heavy atom. The number of piperazine rings is 1. The zero-order valence-corrected chi connectivity index (χ0v) is 19.0. The van der Waals surface area contributed by atoms with Gasteiger partial charge in [-0.1, -0.05) is 11.6 Å². The molecule has 7 heteroatoms. The van der Waals surface area contributed by atoms with E-state index >= 15 is 0 Å². The summed E-state index contributed by atoms with van der Waals surface area (Å²) in [5.41, 5.74) is 2.64. The van der Waals surface area contributed by atoms with Gasteiger partial charge in [-0.25, -0.2) is 9.78 Å². The van der Waals surface area contributed by atoms with Gasteiger partial charge < -0.3 is 15.0 Å². The van der Waals surface area contributed by atoms with Gasteiger partial charge in [0.05, 0.1) is 16.6 Å². The first-order valence-electron chi connectivity index (χ1n) is 10.7. The van der Waals surface area contributed by atoms with Crippen molar-refractivity contribution in [2.75, 3.05) is 13.1 Å². The van der Waals surface area contributed by atoms with Gasteiger partial charge in [0.15, 0.2) is 5.69 Å². The Balaban J connectivity index is 1.88. The number of carbonyl (C=O) groups is 2. The van der Waals surface area contributed by atoms with Crippen LogP contribution in [0.15, 0.2) is 30.6 Å². The highest BCUT2D eigenvalue weighted by atomic mass is 16.6. The molecule has 3 aromatic rings. The van der Waals surface area contributed by atoms with Crippen molar-refractivity contribution >= 4 is 28.3 Å². The lowest BCUT2D eigenvalue weighted by Crippen LogP contribution is -2.55. The lowest BCUT2D eigenvalue weighted by Gasteiger charge is -2.36. The van der Waals surface area contributed by atoms with E-state index < -0.39 is 11.6 Å². The Hall–Kier alpha value is -2.93. The summed E-state index contributed by atoms with van der Waals surface area (Å²) < 4.78 is 7.40. The summed E-state index contributed by atoms with van der Waals surface area (Å²) in [5, 5.41) is 4.32. The van der Waals surface area contributed by atoms with E-state index in [2.05, 4.69) is 24.1 Å². The van der Waals surface area contributed by atoms with Gasteiger partial charge >= 0.3 is 5.97 Å². The monoisotopic (exact) mass is 422 g/mol. The Morgan fingerprint density at radius 2 is 1.77 bits per heavy atom. The standard InChI is InChI=1S/C24H30N4O3/c1-14-7-8-19-17(9-14)18(22(29)27-11-15(2)26-16(3)12-27)10-20-21(25-13-28(19)20)23(30)31-24(4,5)6/h7-10,13,15-16,26H,11-12H2,1-6H3. The third kappa shape index (κ3) is 4.14. The minimum absolute atomic E-state index is 0.0327. The van der Waals surface area contributed by atoms with Crippen LogP contribution in [0.1, 0.15) is 61.0 Å². The number of esters is 1. The quantitative estimate of drug-likeness (QED) is 0.639. The molecule has 3 heterocycles. The maximum Gasteiger partial charge on any atom is 0.359 e. The molecule has 7 nitrogen and oxygen atoms in total. The lowest BCUT2D eigenvalue weighted by atomic mass is 10.0. The molecule has 31 heavy (non-hydrogen) atoms. The predicted octanol–water partition coefficient (Wildman–Crippen LogP) is 3.57. The molecule has 4 rings (SSSR count). The van der Waals surface area contributed by atoms with Crippen LogP contribution in [0.25, 0.3) is 16.4 Å². The van der Waals surface area contributed by atoms with Crippen LogP contribution in [0.5, 0.6) is 0 Å². The predicted molar refractivity (Wildman–Crippen MR) is 121 cm³/mol. The average molecular weight is 423 g/mol. The molecule has 1 aliphatic heterocycles. The minimum atomic E-state index is -0.632. The van der Waals surface area contributed by atoms with E-state index in [-0.39, 0.29) is 23.7 Å². The highest BCUT2D eigenvalue weighted by molar-refractivity contribution is 6.09. The summed E-state index contributed by atoms with van der Waals surface area (Å²) in [4.78, 5) is 32.7. The number of nitrogens with one attached hydrogen (secondary N) is 1. The summed E-state index contributed by atoms with van der Waals surface area (Å²) in [6.07, 6.45) is 1.62. The van der Waals surface area contributed by atoms with E-state index in [0.29, 0.717) is 24.2 Å². The zero-order valence-electron chi connectivity index (χ0n) is 19.0. The van der Waals surface area contributed by atoms with Crippen LogP contribution in [0.2, 0.25) is 0 Å². The molecular weight excluding hydrogens is 392 g/mol. The van der Waals surface area contributed by atoms with Gasteiger partial charge in [-0.05, 0) is 59.7 Å². The Kier molecular flexibility index (Phi) is 5.25. The fourth-order valence-corrected chi connectivity index (χ4v) is 4.30. The molecule has 2 aromatic heterocycles. The van der Waals surface area contributed by atoms with Crippen LogP contribution in [0.3, 0.4) is 0 Å². The molecular formula is C24H30N4O3. The van der Waals surface area contributed by atoms with Crippen LogP contribution in [0.4, 0.5) is 0 Å². The van der Waals surface area contributed by atoms with Crippen molar-refractivity contribution in [1.82, 2.24) is 19.6 Å². The lowest BCUT2D eigenvalue weighted by molar-refractivity contribution is 0.00656. The van der Waals surface area contributed by atoms with Crippen molar-refractivity contribution in [1.29, 1.82) is 0 Å². The van der Waals surface area contributed by atoms with Gasteiger partial charge in [0.1, 0.15) is 11.9 Å². The largest absolute Gasteiger partial charge is 0.455 e. The van der Waals surface area contributed by atoms with Gasteiger partial charge in [0.2, 0.25) is 0 Å². The summed E-state index contributed by atoms with van der Waals surface area (Å²) in [6, 6.07) is 8.21. The normalized spacial score (nSPS) is 19.7. The molecule has 1 fully saturated rings. The number of amides is 1. The summed E-state index contributed by atoms with van der Waals surface area (Å²) >= 11 is 0. The van der Waals surface area contributed by atoms with Gasteiger partial charge in [0, 0.05) is 30.6 Å². The maximum absolute atomic E-state index is 13.6. The molecule has 1 amide bonds. The number of ether oxygens (including phenoxy) is 1. The van der Waals surface area contributed by atoms with Crippen LogP contribution < -0.4 is 5.32 Å². The van der Waals surface area contributed by atoms with Gasteiger partial charge in [0.25, 0.3) is 5.91 Å².